The number of hydrogen-bond acceptors (Lipinski definition) is 6. The Kier molecular flexibility index (Phi) is 3.89. The largest absolute Gasteiger partial charge is 0.481 e. The molecule has 0 saturated carbocycles. The minimum absolute atomic E-state index is 0.00307. The maximum atomic E-state index is 10.8. The number of aromatic nitrogens is 4. The van der Waals surface area contributed by atoms with E-state index in [0.29, 0.717) is 5.56 Å². The number of tetrazole rings is 1. The summed E-state index contributed by atoms with van der Waals surface area (Å²) in [6, 6.07) is 4.13. The molecule has 0 unspecified atom stereocenters. The van der Waals surface area contributed by atoms with E-state index in [1.807, 2.05) is 0 Å². The van der Waals surface area contributed by atoms with Crippen LogP contribution < -0.4 is 0 Å². The highest BCUT2D eigenvalue weighted by Crippen LogP contribution is 2.29. The molecule has 1 aromatic carbocycles. The number of carbonyl (C=O) groups is 1. The zero-order valence-corrected chi connectivity index (χ0v) is 10.7. The molecule has 0 fully saturated rings. The highest BCUT2D eigenvalue weighted by atomic mass is 35.5. The van der Waals surface area contributed by atoms with Gasteiger partial charge in [-0.1, -0.05) is 11.6 Å². The van der Waals surface area contributed by atoms with Crippen LogP contribution in [0, 0.1) is 10.1 Å². The summed E-state index contributed by atoms with van der Waals surface area (Å²) >= 11 is 5.72. The van der Waals surface area contributed by atoms with Gasteiger partial charge >= 0.3 is 5.97 Å². The Bertz CT molecular complexity index is 671. The van der Waals surface area contributed by atoms with Gasteiger partial charge in [-0.05, 0) is 22.6 Å². The third-order valence-corrected chi connectivity index (χ3v) is 2.79. The fraction of sp³-hybridized carbons (Fsp3) is 0.200. The van der Waals surface area contributed by atoms with E-state index in [-0.39, 0.29) is 29.5 Å². The third kappa shape index (κ3) is 2.88. The van der Waals surface area contributed by atoms with Gasteiger partial charge in [0, 0.05) is 11.6 Å². The fourth-order valence-electron chi connectivity index (χ4n) is 1.56. The molecule has 10 heteroatoms. The van der Waals surface area contributed by atoms with Gasteiger partial charge in [-0.2, -0.15) is 0 Å². The molecule has 0 amide bonds. The molecule has 9 nitrogen and oxygen atoms in total. The molecule has 0 aliphatic carbocycles. The molecule has 2 rings (SSSR count). The molecule has 0 aliphatic heterocycles. The van der Waals surface area contributed by atoms with E-state index in [9.17, 15) is 14.9 Å². The van der Waals surface area contributed by atoms with Crippen LogP contribution in [0.5, 0.6) is 0 Å². The lowest BCUT2D eigenvalue weighted by atomic mass is 10.2. The molecule has 1 heterocycles. The summed E-state index contributed by atoms with van der Waals surface area (Å²) in [5, 5.41) is 30.3. The van der Waals surface area contributed by atoms with Crippen LogP contribution in [0.1, 0.15) is 6.42 Å². The van der Waals surface area contributed by atoms with E-state index in [1.165, 1.54) is 22.9 Å². The van der Waals surface area contributed by atoms with Crippen molar-refractivity contribution >= 4 is 23.3 Å². The first-order valence-corrected chi connectivity index (χ1v) is 5.79. The Hall–Kier alpha value is -2.55. The topological polar surface area (TPSA) is 124 Å². The lowest BCUT2D eigenvalue weighted by molar-refractivity contribution is -0.384. The molecule has 0 saturated heterocycles. The van der Waals surface area contributed by atoms with E-state index in [2.05, 4.69) is 15.5 Å². The van der Waals surface area contributed by atoms with Gasteiger partial charge in [0.2, 0.25) is 0 Å². The monoisotopic (exact) mass is 297 g/mol. The number of nitro groups is 1. The van der Waals surface area contributed by atoms with Crippen molar-refractivity contribution in [2.45, 2.75) is 13.0 Å². The van der Waals surface area contributed by atoms with E-state index >= 15 is 0 Å². The Morgan fingerprint density at radius 1 is 1.50 bits per heavy atom. The highest BCUT2D eigenvalue weighted by Gasteiger charge is 2.17. The molecule has 1 aromatic heterocycles. The maximum Gasteiger partial charge on any atom is 0.305 e. The molecule has 20 heavy (non-hydrogen) atoms. The van der Waals surface area contributed by atoms with E-state index < -0.39 is 10.9 Å². The summed E-state index contributed by atoms with van der Waals surface area (Å²) in [5.41, 5.74) is 0.119. The average molecular weight is 298 g/mol. The van der Waals surface area contributed by atoms with Gasteiger partial charge in [-0.3, -0.25) is 14.9 Å². The third-order valence-electron chi connectivity index (χ3n) is 2.47. The van der Waals surface area contributed by atoms with E-state index in [0.717, 1.165) is 0 Å². The summed E-state index contributed by atoms with van der Waals surface area (Å²) in [6.45, 7) is 0.0636. The van der Waals surface area contributed by atoms with Crippen molar-refractivity contribution in [3.05, 3.63) is 33.3 Å². The number of halogens is 1. The van der Waals surface area contributed by atoms with Crippen LogP contribution in [0.4, 0.5) is 5.69 Å². The summed E-state index contributed by atoms with van der Waals surface area (Å²) in [6.07, 6.45) is -0.159. The van der Waals surface area contributed by atoms with Crippen LogP contribution in [-0.4, -0.2) is 36.2 Å². The van der Waals surface area contributed by atoms with Crippen LogP contribution >= 0.6 is 11.6 Å². The Morgan fingerprint density at radius 2 is 2.25 bits per heavy atom. The average Bonchev–Trinajstić information content (AvgIpc) is 2.85. The van der Waals surface area contributed by atoms with Crippen molar-refractivity contribution < 1.29 is 14.8 Å². The van der Waals surface area contributed by atoms with Gasteiger partial charge in [0.15, 0.2) is 5.82 Å². The summed E-state index contributed by atoms with van der Waals surface area (Å²) in [5.74, 6) is -0.750. The van der Waals surface area contributed by atoms with Crippen LogP contribution in [0.25, 0.3) is 11.4 Å². The lowest BCUT2D eigenvalue weighted by Gasteiger charge is -2.03. The fourth-order valence-corrected chi connectivity index (χ4v) is 1.74. The Labute approximate surface area is 116 Å². The second-order valence-corrected chi connectivity index (χ2v) is 4.20. The van der Waals surface area contributed by atoms with Crippen molar-refractivity contribution in [1.29, 1.82) is 0 Å². The van der Waals surface area contributed by atoms with E-state index in [1.54, 1.807) is 0 Å². The van der Waals surface area contributed by atoms with Crippen LogP contribution in [0.15, 0.2) is 18.2 Å². The number of aryl methyl sites for hydroxylation is 1. The molecule has 2 aromatic rings. The predicted octanol–water partition coefficient (Wildman–Crippen LogP) is 1.38. The van der Waals surface area contributed by atoms with Gasteiger partial charge in [0.25, 0.3) is 5.69 Å². The zero-order chi connectivity index (χ0) is 14.7. The summed E-state index contributed by atoms with van der Waals surface area (Å²) in [7, 11) is 0. The second-order valence-electron chi connectivity index (χ2n) is 3.79. The SMILES string of the molecule is O=C(O)CCn1nnnc1-c1ccc(Cl)c([N+](=O)[O-])c1. The Morgan fingerprint density at radius 3 is 2.90 bits per heavy atom. The minimum Gasteiger partial charge on any atom is -0.481 e. The molecule has 0 aliphatic rings. The number of rotatable bonds is 5. The quantitative estimate of drug-likeness (QED) is 0.652. The standard InChI is InChI=1S/C10H8ClN5O4/c11-7-2-1-6(5-8(7)16(19)20)10-12-13-14-15(10)4-3-9(17)18/h1-2,5H,3-4H2,(H,17,18). The molecule has 0 bridgehead atoms. The number of benzene rings is 1. The normalized spacial score (nSPS) is 10.4. The number of nitro benzene ring substituents is 1. The second kappa shape index (κ2) is 5.61. The van der Waals surface area contributed by atoms with Crippen molar-refractivity contribution in [1.82, 2.24) is 20.2 Å². The van der Waals surface area contributed by atoms with Crippen LogP contribution in [0.2, 0.25) is 5.02 Å². The van der Waals surface area contributed by atoms with E-state index in [4.69, 9.17) is 16.7 Å². The zero-order valence-electron chi connectivity index (χ0n) is 9.93. The number of hydrogen-bond donors (Lipinski definition) is 1. The summed E-state index contributed by atoms with van der Waals surface area (Å²) < 4.78 is 1.26. The molecular weight excluding hydrogens is 290 g/mol. The minimum atomic E-state index is -0.992. The number of carboxylic acid groups (broad SMARTS) is 1. The first kappa shape index (κ1) is 13.9. The van der Waals surface area contributed by atoms with Crippen LogP contribution in [-0.2, 0) is 11.3 Å². The van der Waals surface area contributed by atoms with Gasteiger partial charge < -0.3 is 5.11 Å². The Balaban J connectivity index is 2.37. The molecule has 0 atom stereocenters. The van der Waals surface area contributed by atoms with Crippen LogP contribution in [0.3, 0.4) is 0 Å². The number of carboxylic acids is 1. The smallest absolute Gasteiger partial charge is 0.305 e. The molecule has 1 N–H and O–H groups in total. The molecule has 0 radical (unpaired) electrons. The number of aliphatic carboxylic acids is 1. The molecule has 0 spiro atoms. The summed E-state index contributed by atoms with van der Waals surface area (Å²) in [4.78, 5) is 20.8. The van der Waals surface area contributed by atoms with Crippen molar-refractivity contribution in [2.24, 2.45) is 0 Å². The van der Waals surface area contributed by atoms with Crippen molar-refractivity contribution in [3.63, 3.8) is 0 Å². The number of nitrogens with zero attached hydrogens (tertiary/aromatic N) is 5. The highest BCUT2D eigenvalue weighted by molar-refractivity contribution is 6.32. The molecule has 104 valence electrons. The van der Waals surface area contributed by atoms with Gasteiger partial charge in [-0.15, -0.1) is 5.10 Å². The lowest BCUT2D eigenvalue weighted by Crippen LogP contribution is -2.07. The van der Waals surface area contributed by atoms with Gasteiger partial charge in [-0.25, -0.2) is 4.68 Å². The van der Waals surface area contributed by atoms with Crippen molar-refractivity contribution in [3.8, 4) is 11.4 Å². The first-order valence-electron chi connectivity index (χ1n) is 5.41. The molecular formula is C10H8ClN5O4. The van der Waals surface area contributed by atoms with Gasteiger partial charge in [0.05, 0.1) is 17.9 Å². The maximum absolute atomic E-state index is 10.8. The first-order chi connectivity index (χ1) is 9.49. The predicted molar refractivity (Wildman–Crippen MR) is 67.2 cm³/mol. The van der Waals surface area contributed by atoms with Crippen molar-refractivity contribution in [2.75, 3.05) is 0 Å². The van der Waals surface area contributed by atoms with Gasteiger partial charge in [0.1, 0.15) is 5.02 Å².